The molecule has 0 saturated carbocycles. The molecule has 3 heteroatoms. The lowest BCUT2D eigenvalue weighted by Crippen LogP contribution is -2.45. The Balaban J connectivity index is 2.05. The smallest absolute Gasteiger partial charge is 0.0848 e. The van der Waals surface area contributed by atoms with Gasteiger partial charge in [0.25, 0.3) is 0 Å². The van der Waals surface area contributed by atoms with E-state index < -0.39 is 0 Å². The standard InChI is InChI=1S/C20H31N3/c1-17(2)20(16-21,19-9-6-5-8-18(19)3)10-7-11-23-14-12-22(4)13-15-23/h5-6,8-9,17H,7,10-15H2,1-4H3/t20-/m1/s1. The van der Waals surface area contributed by atoms with Crippen LogP contribution in [0.5, 0.6) is 0 Å². The molecule has 0 aromatic heterocycles. The quantitative estimate of drug-likeness (QED) is 0.806. The molecule has 0 unspecified atom stereocenters. The molecule has 0 aliphatic carbocycles. The van der Waals surface area contributed by atoms with E-state index in [0.717, 1.165) is 45.6 Å². The maximum Gasteiger partial charge on any atom is 0.0848 e. The van der Waals surface area contributed by atoms with Crippen LogP contribution in [-0.2, 0) is 5.41 Å². The Morgan fingerprint density at radius 2 is 1.83 bits per heavy atom. The predicted octanol–water partition coefficient (Wildman–Crippen LogP) is 3.44. The van der Waals surface area contributed by atoms with Crippen molar-refractivity contribution in [1.29, 1.82) is 5.26 Å². The average molecular weight is 313 g/mol. The number of benzene rings is 1. The second-order valence-corrected chi connectivity index (χ2v) is 7.30. The van der Waals surface area contributed by atoms with E-state index in [0.29, 0.717) is 5.92 Å². The number of rotatable bonds is 6. The highest BCUT2D eigenvalue weighted by Gasteiger charge is 2.36. The summed E-state index contributed by atoms with van der Waals surface area (Å²) < 4.78 is 0. The van der Waals surface area contributed by atoms with Gasteiger partial charge in [0.05, 0.1) is 11.5 Å². The summed E-state index contributed by atoms with van der Waals surface area (Å²) in [6.45, 7) is 12.2. The zero-order valence-corrected chi connectivity index (χ0v) is 15.2. The summed E-state index contributed by atoms with van der Waals surface area (Å²) in [6, 6.07) is 11.1. The minimum Gasteiger partial charge on any atom is -0.304 e. The highest BCUT2D eigenvalue weighted by atomic mass is 15.2. The van der Waals surface area contributed by atoms with Crippen LogP contribution in [0.1, 0.15) is 37.8 Å². The highest BCUT2D eigenvalue weighted by molar-refractivity contribution is 5.39. The minimum atomic E-state index is -0.363. The van der Waals surface area contributed by atoms with Gasteiger partial charge in [-0.25, -0.2) is 0 Å². The van der Waals surface area contributed by atoms with Crippen LogP contribution < -0.4 is 0 Å². The summed E-state index contributed by atoms with van der Waals surface area (Å²) >= 11 is 0. The summed E-state index contributed by atoms with van der Waals surface area (Å²) in [5.74, 6) is 0.320. The lowest BCUT2D eigenvalue weighted by atomic mass is 9.68. The maximum atomic E-state index is 10.0. The zero-order valence-electron chi connectivity index (χ0n) is 15.2. The van der Waals surface area contributed by atoms with Crippen molar-refractivity contribution < 1.29 is 0 Å². The van der Waals surface area contributed by atoms with Gasteiger partial charge < -0.3 is 9.80 Å². The molecule has 1 atom stereocenters. The monoisotopic (exact) mass is 313 g/mol. The van der Waals surface area contributed by atoms with Crippen LogP contribution in [0.25, 0.3) is 0 Å². The first-order valence-corrected chi connectivity index (χ1v) is 8.88. The number of nitrogens with zero attached hydrogens (tertiary/aromatic N) is 3. The molecule has 3 nitrogen and oxygen atoms in total. The molecule has 126 valence electrons. The first-order valence-electron chi connectivity index (χ1n) is 8.88. The van der Waals surface area contributed by atoms with Crippen molar-refractivity contribution in [2.24, 2.45) is 5.92 Å². The fraction of sp³-hybridized carbons (Fsp3) is 0.650. The van der Waals surface area contributed by atoms with Crippen molar-refractivity contribution in [3.63, 3.8) is 0 Å². The van der Waals surface area contributed by atoms with E-state index in [1.807, 2.05) is 0 Å². The van der Waals surface area contributed by atoms with Gasteiger partial charge in [0, 0.05) is 26.2 Å². The molecule has 1 aromatic rings. The molecule has 2 rings (SSSR count). The molecule has 1 aliphatic heterocycles. The van der Waals surface area contributed by atoms with Crippen LogP contribution >= 0.6 is 0 Å². The van der Waals surface area contributed by atoms with Gasteiger partial charge in [0.15, 0.2) is 0 Å². The van der Waals surface area contributed by atoms with Gasteiger partial charge in [-0.3, -0.25) is 0 Å². The summed E-state index contributed by atoms with van der Waals surface area (Å²) in [4.78, 5) is 4.93. The third-order valence-corrected chi connectivity index (χ3v) is 5.45. The van der Waals surface area contributed by atoms with Gasteiger partial charge in [-0.05, 0) is 50.4 Å². The van der Waals surface area contributed by atoms with E-state index in [4.69, 9.17) is 0 Å². The lowest BCUT2D eigenvalue weighted by molar-refractivity contribution is 0.149. The first-order chi connectivity index (χ1) is 11.0. The summed E-state index contributed by atoms with van der Waals surface area (Å²) in [7, 11) is 2.19. The van der Waals surface area contributed by atoms with Crippen LogP contribution in [0.4, 0.5) is 0 Å². The van der Waals surface area contributed by atoms with E-state index in [-0.39, 0.29) is 5.41 Å². The molecule has 0 amide bonds. The Kier molecular flexibility index (Phi) is 6.21. The number of aryl methyl sites for hydroxylation is 1. The van der Waals surface area contributed by atoms with Gasteiger partial charge in [0.1, 0.15) is 0 Å². The number of nitriles is 1. The van der Waals surface area contributed by atoms with Crippen molar-refractivity contribution in [2.75, 3.05) is 39.8 Å². The molecular formula is C20H31N3. The molecule has 1 aromatic carbocycles. The molecule has 23 heavy (non-hydrogen) atoms. The maximum absolute atomic E-state index is 10.0. The first kappa shape index (κ1) is 18.0. The molecule has 0 spiro atoms. The second kappa shape index (κ2) is 7.95. The third kappa shape index (κ3) is 4.13. The van der Waals surface area contributed by atoms with Gasteiger partial charge in [-0.2, -0.15) is 5.26 Å². The van der Waals surface area contributed by atoms with Crippen LogP contribution in [0, 0.1) is 24.2 Å². The number of hydrogen-bond acceptors (Lipinski definition) is 3. The zero-order chi connectivity index (χ0) is 16.9. The second-order valence-electron chi connectivity index (χ2n) is 7.30. The molecule has 1 fully saturated rings. The third-order valence-electron chi connectivity index (χ3n) is 5.45. The average Bonchev–Trinajstić information content (AvgIpc) is 2.54. The van der Waals surface area contributed by atoms with Gasteiger partial charge >= 0.3 is 0 Å². The van der Waals surface area contributed by atoms with E-state index in [9.17, 15) is 5.26 Å². The van der Waals surface area contributed by atoms with E-state index >= 15 is 0 Å². The molecule has 1 heterocycles. The Morgan fingerprint density at radius 3 is 2.39 bits per heavy atom. The SMILES string of the molecule is Cc1ccccc1[C@@](C#N)(CCCN1CCN(C)CC1)C(C)C. The minimum absolute atomic E-state index is 0.320. The largest absolute Gasteiger partial charge is 0.304 e. The van der Waals surface area contributed by atoms with E-state index in [1.54, 1.807) is 0 Å². The lowest BCUT2D eigenvalue weighted by Gasteiger charge is -2.35. The molecule has 0 N–H and O–H groups in total. The van der Waals surface area contributed by atoms with E-state index in [2.05, 4.69) is 68.0 Å². The molecule has 0 bridgehead atoms. The summed E-state index contributed by atoms with van der Waals surface area (Å²) in [5, 5.41) is 10.0. The van der Waals surface area contributed by atoms with Gasteiger partial charge in [-0.15, -0.1) is 0 Å². The molecule has 0 radical (unpaired) electrons. The van der Waals surface area contributed by atoms with Crippen LogP contribution in [0.3, 0.4) is 0 Å². The number of likely N-dealkylation sites (N-methyl/N-ethyl adjacent to an activating group) is 1. The Labute approximate surface area is 141 Å². The van der Waals surface area contributed by atoms with Crippen molar-refractivity contribution in [3.8, 4) is 6.07 Å². The van der Waals surface area contributed by atoms with Crippen molar-refractivity contribution in [2.45, 2.75) is 39.0 Å². The van der Waals surface area contributed by atoms with Crippen molar-refractivity contribution in [1.82, 2.24) is 9.80 Å². The summed E-state index contributed by atoms with van der Waals surface area (Å²) in [5.41, 5.74) is 2.09. The predicted molar refractivity (Wildman–Crippen MR) is 96.5 cm³/mol. The van der Waals surface area contributed by atoms with E-state index in [1.165, 1.54) is 11.1 Å². The Morgan fingerprint density at radius 1 is 1.17 bits per heavy atom. The van der Waals surface area contributed by atoms with Gasteiger partial charge in [-0.1, -0.05) is 38.1 Å². The topological polar surface area (TPSA) is 30.3 Å². The Hall–Kier alpha value is -1.37. The van der Waals surface area contributed by atoms with Crippen molar-refractivity contribution in [3.05, 3.63) is 35.4 Å². The highest BCUT2D eigenvalue weighted by Crippen LogP contribution is 2.38. The molecular weight excluding hydrogens is 282 g/mol. The summed E-state index contributed by atoms with van der Waals surface area (Å²) in [6.07, 6.45) is 2.03. The number of hydrogen-bond donors (Lipinski definition) is 0. The fourth-order valence-corrected chi connectivity index (χ4v) is 3.71. The molecule has 1 aliphatic rings. The molecule has 1 saturated heterocycles. The fourth-order valence-electron chi connectivity index (χ4n) is 3.71. The van der Waals surface area contributed by atoms with Crippen molar-refractivity contribution >= 4 is 0 Å². The number of piperazine rings is 1. The van der Waals surface area contributed by atoms with Crippen LogP contribution in [0.2, 0.25) is 0 Å². The van der Waals surface area contributed by atoms with Crippen LogP contribution in [-0.4, -0.2) is 49.6 Å². The normalized spacial score (nSPS) is 19.5. The Bertz CT molecular complexity index is 538. The van der Waals surface area contributed by atoms with Gasteiger partial charge in [0.2, 0.25) is 0 Å². The van der Waals surface area contributed by atoms with Crippen LogP contribution in [0.15, 0.2) is 24.3 Å².